The highest BCUT2D eigenvalue weighted by atomic mass is 16.3. The van der Waals surface area contributed by atoms with Crippen molar-refractivity contribution in [3.63, 3.8) is 0 Å². The van der Waals surface area contributed by atoms with E-state index in [1.54, 1.807) is 7.05 Å². The number of unbranched alkanes of at least 4 members (excludes halogenated alkanes) is 1. The van der Waals surface area contributed by atoms with Gasteiger partial charge in [-0.1, -0.05) is 44.7 Å². The number of hydrogen-bond donors (Lipinski definition) is 3. The third-order valence-electron chi connectivity index (χ3n) is 10.5. The number of likely N-dealkylation sites (tertiary alicyclic amines) is 2. The fourth-order valence-corrected chi connectivity index (χ4v) is 7.81. The molecule has 4 fully saturated rings. The van der Waals surface area contributed by atoms with E-state index in [9.17, 15) is 19.5 Å². The number of piperazine rings is 1. The van der Waals surface area contributed by atoms with Crippen molar-refractivity contribution in [1.29, 1.82) is 0 Å². The minimum absolute atomic E-state index is 0.00663. The quantitative estimate of drug-likeness (QED) is 0.414. The SMILES string of the molecule is CCCCN1C(=O)[C@@H](CC2(O)CCCCC2)NC(=O)C12CCN(C1CCN(Cc3ccc(C(=O)NC)cc3)CC1)CC2. The van der Waals surface area contributed by atoms with Crippen molar-refractivity contribution in [1.82, 2.24) is 25.3 Å². The summed E-state index contributed by atoms with van der Waals surface area (Å²) in [6.45, 7) is 7.31. The summed E-state index contributed by atoms with van der Waals surface area (Å²) >= 11 is 0. The Kier molecular flexibility index (Phi) is 9.90. The minimum Gasteiger partial charge on any atom is -0.390 e. The Hall–Kier alpha value is -2.49. The average molecular weight is 582 g/mol. The number of rotatable bonds is 9. The van der Waals surface area contributed by atoms with Crippen LogP contribution in [0, 0.1) is 0 Å². The van der Waals surface area contributed by atoms with Crippen molar-refractivity contribution in [2.45, 2.75) is 114 Å². The lowest BCUT2D eigenvalue weighted by Crippen LogP contribution is -2.73. The molecule has 0 aromatic heterocycles. The lowest BCUT2D eigenvalue weighted by Gasteiger charge is -2.53. The summed E-state index contributed by atoms with van der Waals surface area (Å²) in [4.78, 5) is 46.4. The molecule has 0 radical (unpaired) electrons. The topological polar surface area (TPSA) is 105 Å². The Labute approximate surface area is 251 Å². The highest BCUT2D eigenvalue weighted by Crippen LogP contribution is 2.38. The molecule has 232 valence electrons. The molecule has 5 rings (SSSR count). The van der Waals surface area contributed by atoms with Crippen LogP contribution in [0.4, 0.5) is 0 Å². The number of amides is 3. The Bertz CT molecular complexity index is 1090. The molecule has 3 saturated heterocycles. The van der Waals surface area contributed by atoms with Crippen LogP contribution in [0.5, 0.6) is 0 Å². The standard InChI is InChI=1S/C33H51N5O4/c1-3-4-18-38-30(40)28(23-32(42)14-6-5-7-15-32)35-31(41)33(38)16-21-37(22-17-33)27-12-19-36(20-13-27)24-25-8-10-26(11-9-25)29(39)34-2/h8-11,27-28,42H,3-7,12-24H2,1-2H3,(H,34,39)(H,35,41)/t28-/m1/s1. The zero-order valence-electron chi connectivity index (χ0n) is 25.7. The molecule has 3 amide bonds. The van der Waals surface area contributed by atoms with Gasteiger partial charge in [-0.25, -0.2) is 0 Å². The summed E-state index contributed by atoms with van der Waals surface area (Å²) in [6.07, 6.45) is 10.2. The number of aliphatic hydroxyl groups is 1. The normalized spacial score (nSPS) is 25.4. The van der Waals surface area contributed by atoms with Gasteiger partial charge in [-0.2, -0.15) is 0 Å². The van der Waals surface area contributed by atoms with Gasteiger partial charge in [0.05, 0.1) is 5.60 Å². The first kappa shape index (κ1) is 31.0. The molecule has 9 nitrogen and oxygen atoms in total. The van der Waals surface area contributed by atoms with Gasteiger partial charge in [-0.05, 0) is 75.7 Å². The van der Waals surface area contributed by atoms with E-state index in [0.717, 1.165) is 77.7 Å². The predicted octanol–water partition coefficient (Wildman–Crippen LogP) is 3.06. The van der Waals surface area contributed by atoms with E-state index >= 15 is 0 Å². The van der Waals surface area contributed by atoms with E-state index in [4.69, 9.17) is 0 Å². The van der Waals surface area contributed by atoms with Crippen LogP contribution < -0.4 is 10.6 Å². The van der Waals surface area contributed by atoms with Crippen molar-refractivity contribution >= 4 is 17.7 Å². The zero-order valence-corrected chi connectivity index (χ0v) is 25.7. The van der Waals surface area contributed by atoms with Gasteiger partial charge in [0.1, 0.15) is 11.6 Å². The van der Waals surface area contributed by atoms with Gasteiger partial charge >= 0.3 is 0 Å². The van der Waals surface area contributed by atoms with Crippen molar-refractivity contribution in [3.8, 4) is 0 Å². The molecular formula is C33H51N5O4. The minimum atomic E-state index is -0.847. The summed E-state index contributed by atoms with van der Waals surface area (Å²) in [6, 6.07) is 7.74. The summed E-state index contributed by atoms with van der Waals surface area (Å²) in [5, 5.41) is 16.9. The molecule has 4 aliphatic rings. The molecule has 42 heavy (non-hydrogen) atoms. The smallest absolute Gasteiger partial charge is 0.251 e. The monoisotopic (exact) mass is 581 g/mol. The number of nitrogens with one attached hydrogen (secondary N) is 2. The van der Waals surface area contributed by atoms with E-state index in [1.807, 2.05) is 29.2 Å². The first-order chi connectivity index (χ1) is 20.3. The Morgan fingerprint density at radius 2 is 1.67 bits per heavy atom. The van der Waals surface area contributed by atoms with Crippen LogP contribution in [0.25, 0.3) is 0 Å². The van der Waals surface area contributed by atoms with E-state index in [0.29, 0.717) is 50.3 Å². The van der Waals surface area contributed by atoms with Gasteiger partial charge in [-0.3, -0.25) is 19.3 Å². The van der Waals surface area contributed by atoms with E-state index < -0.39 is 17.2 Å². The van der Waals surface area contributed by atoms with Crippen LogP contribution in [0.1, 0.15) is 99.9 Å². The third kappa shape index (κ3) is 6.68. The molecule has 0 unspecified atom stereocenters. The van der Waals surface area contributed by atoms with Crippen molar-refractivity contribution in [3.05, 3.63) is 35.4 Å². The van der Waals surface area contributed by atoms with Crippen LogP contribution >= 0.6 is 0 Å². The van der Waals surface area contributed by atoms with Gasteiger partial charge in [0.15, 0.2) is 0 Å². The summed E-state index contributed by atoms with van der Waals surface area (Å²) in [7, 11) is 1.65. The van der Waals surface area contributed by atoms with E-state index in [-0.39, 0.29) is 17.7 Å². The fraction of sp³-hybridized carbons (Fsp3) is 0.727. The van der Waals surface area contributed by atoms with Crippen LogP contribution in [0.2, 0.25) is 0 Å². The number of carbonyl (C=O) groups excluding carboxylic acids is 3. The molecule has 3 N–H and O–H groups in total. The molecule has 1 aromatic rings. The Morgan fingerprint density at radius 3 is 2.29 bits per heavy atom. The molecule has 1 spiro atoms. The number of benzene rings is 1. The van der Waals surface area contributed by atoms with Gasteiger partial charge in [0, 0.05) is 51.3 Å². The third-order valence-corrected chi connectivity index (χ3v) is 10.5. The molecule has 1 atom stereocenters. The highest BCUT2D eigenvalue weighted by Gasteiger charge is 2.54. The summed E-state index contributed by atoms with van der Waals surface area (Å²) < 4.78 is 0. The average Bonchev–Trinajstić information content (AvgIpc) is 3.01. The number of hydrogen-bond acceptors (Lipinski definition) is 6. The Morgan fingerprint density at radius 1 is 1.00 bits per heavy atom. The lowest BCUT2D eigenvalue weighted by molar-refractivity contribution is -0.164. The van der Waals surface area contributed by atoms with Crippen molar-refractivity contribution < 1.29 is 19.5 Å². The molecule has 9 heteroatoms. The molecule has 1 aliphatic carbocycles. The maximum Gasteiger partial charge on any atom is 0.251 e. The largest absolute Gasteiger partial charge is 0.390 e. The molecular weight excluding hydrogens is 530 g/mol. The second-order valence-electron chi connectivity index (χ2n) is 13.2. The molecule has 1 saturated carbocycles. The maximum absolute atomic E-state index is 13.9. The predicted molar refractivity (Wildman–Crippen MR) is 163 cm³/mol. The van der Waals surface area contributed by atoms with Crippen LogP contribution in [0.3, 0.4) is 0 Å². The van der Waals surface area contributed by atoms with Crippen LogP contribution in [0.15, 0.2) is 24.3 Å². The first-order valence-corrected chi connectivity index (χ1v) is 16.4. The van der Waals surface area contributed by atoms with Gasteiger partial charge < -0.3 is 25.5 Å². The second-order valence-corrected chi connectivity index (χ2v) is 13.2. The van der Waals surface area contributed by atoms with Crippen molar-refractivity contribution in [2.24, 2.45) is 0 Å². The van der Waals surface area contributed by atoms with Crippen molar-refractivity contribution in [2.75, 3.05) is 39.8 Å². The zero-order chi connectivity index (χ0) is 29.7. The summed E-state index contributed by atoms with van der Waals surface area (Å²) in [5.41, 5.74) is 0.285. The number of piperidine rings is 2. The Balaban J connectivity index is 1.16. The highest BCUT2D eigenvalue weighted by molar-refractivity contribution is 6.00. The second kappa shape index (κ2) is 13.4. The number of nitrogens with zero attached hydrogens (tertiary/aromatic N) is 3. The molecule has 1 aromatic carbocycles. The lowest BCUT2D eigenvalue weighted by atomic mass is 9.77. The molecule has 3 aliphatic heterocycles. The first-order valence-electron chi connectivity index (χ1n) is 16.4. The van der Waals surface area contributed by atoms with E-state index in [2.05, 4.69) is 27.4 Å². The van der Waals surface area contributed by atoms with Crippen LogP contribution in [-0.4, -0.2) is 101 Å². The maximum atomic E-state index is 13.9. The van der Waals surface area contributed by atoms with Gasteiger partial charge in [0.2, 0.25) is 11.8 Å². The van der Waals surface area contributed by atoms with E-state index in [1.165, 1.54) is 5.56 Å². The molecule has 3 heterocycles. The van der Waals surface area contributed by atoms with Crippen LogP contribution in [-0.2, 0) is 16.1 Å². The molecule has 0 bridgehead atoms. The number of carbonyl (C=O) groups is 3. The fourth-order valence-electron chi connectivity index (χ4n) is 7.81. The summed E-state index contributed by atoms with van der Waals surface area (Å²) in [5.74, 6) is -0.0706. The van der Waals surface area contributed by atoms with Gasteiger partial charge in [0.25, 0.3) is 5.91 Å². The van der Waals surface area contributed by atoms with Gasteiger partial charge in [-0.15, -0.1) is 0 Å².